The van der Waals surface area contributed by atoms with Gasteiger partial charge in [0.25, 0.3) is 0 Å². The summed E-state index contributed by atoms with van der Waals surface area (Å²) >= 11 is 0. The predicted octanol–water partition coefficient (Wildman–Crippen LogP) is 3.52. The van der Waals surface area contributed by atoms with Crippen LogP contribution in [0.15, 0.2) is 54.7 Å². The van der Waals surface area contributed by atoms with Crippen LogP contribution in [0.4, 0.5) is 5.69 Å². The van der Waals surface area contributed by atoms with E-state index in [4.69, 9.17) is 0 Å². The number of H-pyrrole nitrogens is 1. The number of hydrogen-bond acceptors (Lipinski definition) is 2. The topological polar surface area (TPSA) is 31.1 Å². The van der Waals surface area contributed by atoms with Gasteiger partial charge >= 0.3 is 0 Å². The second kappa shape index (κ2) is 6.02. The minimum absolute atomic E-state index is 0.880. The van der Waals surface area contributed by atoms with E-state index in [1.54, 1.807) is 0 Å². The molecule has 3 heteroatoms. The molecule has 0 atom stereocenters. The van der Waals surface area contributed by atoms with Gasteiger partial charge in [0.15, 0.2) is 0 Å². The van der Waals surface area contributed by atoms with Crippen molar-refractivity contribution in [2.24, 2.45) is 0 Å². The van der Waals surface area contributed by atoms with Crippen molar-refractivity contribution in [3.05, 3.63) is 65.9 Å². The van der Waals surface area contributed by atoms with Crippen LogP contribution in [0.5, 0.6) is 0 Å². The third-order valence-corrected chi connectivity index (χ3v) is 3.78. The summed E-state index contributed by atoms with van der Waals surface area (Å²) in [5.74, 6) is 0. The SMILES string of the molecule is CN(C)c1ccc(CNCc2cccc3[nH]ccc23)cc1. The van der Waals surface area contributed by atoms with Crippen molar-refractivity contribution in [2.45, 2.75) is 13.1 Å². The van der Waals surface area contributed by atoms with Crippen molar-refractivity contribution < 1.29 is 0 Å². The van der Waals surface area contributed by atoms with Crippen molar-refractivity contribution in [1.82, 2.24) is 10.3 Å². The summed E-state index contributed by atoms with van der Waals surface area (Å²) in [6.45, 7) is 1.76. The molecule has 0 aliphatic heterocycles. The van der Waals surface area contributed by atoms with E-state index in [0.29, 0.717) is 0 Å². The number of nitrogens with one attached hydrogen (secondary N) is 2. The first-order valence-corrected chi connectivity index (χ1v) is 7.26. The van der Waals surface area contributed by atoms with E-state index in [0.717, 1.165) is 13.1 Å². The van der Waals surface area contributed by atoms with E-state index in [2.05, 4.69) is 77.8 Å². The summed E-state index contributed by atoms with van der Waals surface area (Å²) in [7, 11) is 4.12. The lowest BCUT2D eigenvalue weighted by Crippen LogP contribution is -2.13. The molecule has 0 saturated carbocycles. The minimum Gasteiger partial charge on any atom is -0.378 e. The lowest BCUT2D eigenvalue weighted by atomic mass is 10.1. The number of benzene rings is 2. The molecule has 3 aromatic rings. The number of anilines is 1. The van der Waals surface area contributed by atoms with Gasteiger partial charge in [-0.2, -0.15) is 0 Å². The smallest absolute Gasteiger partial charge is 0.0457 e. The van der Waals surface area contributed by atoms with Gasteiger partial charge in [-0.15, -0.1) is 0 Å². The number of fused-ring (bicyclic) bond motifs is 1. The third-order valence-electron chi connectivity index (χ3n) is 3.78. The fourth-order valence-electron chi connectivity index (χ4n) is 2.56. The van der Waals surface area contributed by atoms with Gasteiger partial charge in [-0.05, 0) is 35.4 Å². The molecule has 0 unspecified atom stereocenters. The summed E-state index contributed by atoms with van der Waals surface area (Å²) in [4.78, 5) is 5.37. The van der Waals surface area contributed by atoms with E-state index in [1.807, 2.05) is 6.20 Å². The number of aromatic nitrogens is 1. The van der Waals surface area contributed by atoms with Gasteiger partial charge in [0, 0.05) is 50.0 Å². The van der Waals surface area contributed by atoms with Crippen LogP contribution in [0.1, 0.15) is 11.1 Å². The molecule has 0 fully saturated rings. The highest BCUT2D eigenvalue weighted by Gasteiger charge is 2.01. The Kier molecular flexibility index (Phi) is 3.93. The molecule has 0 spiro atoms. The molecule has 0 aliphatic rings. The van der Waals surface area contributed by atoms with Crippen LogP contribution >= 0.6 is 0 Å². The maximum Gasteiger partial charge on any atom is 0.0457 e. The highest BCUT2D eigenvalue weighted by Crippen LogP contribution is 2.17. The number of hydrogen-bond donors (Lipinski definition) is 2. The molecule has 0 radical (unpaired) electrons. The van der Waals surface area contributed by atoms with E-state index < -0.39 is 0 Å². The van der Waals surface area contributed by atoms with Gasteiger partial charge in [0.05, 0.1) is 0 Å². The number of rotatable bonds is 5. The highest BCUT2D eigenvalue weighted by atomic mass is 15.1. The maximum atomic E-state index is 3.52. The first-order valence-electron chi connectivity index (χ1n) is 7.26. The van der Waals surface area contributed by atoms with Gasteiger partial charge in [-0.3, -0.25) is 0 Å². The molecule has 0 saturated heterocycles. The van der Waals surface area contributed by atoms with Crippen LogP contribution in [0.25, 0.3) is 10.9 Å². The highest BCUT2D eigenvalue weighted by molar-refractivity contribution is 5.82. The Morgan fingerprint density at radius 1 is 0.952 bits per heavy atom. The van der Waals surface area contributed by atoms with Crippen molar-refractivity contribution in [1.29, 1.82) is 0 Å². The largest absolute Gasteiger partial charge is 0.378 e. The lowest BCUT2D eigenvalue weighted by molar-refractivity contribution is 0.696. The molecular weight excluding hydrogens is 258 g/mol. The Bertz CT molecular complexity index is 711. The van der Waals surface area contributed by atoms with Crippen LogP contribution in [-0.4, -0.2) is 19.1 Å². The van der Waals surface area contributed by atoms with E-state index in [-0.39, 0.29) is 0 Å². The number of nitrogens with zero attached hydrogens (tertiary/aromatic N) is 1. The molecule has 0 bridgehead atoms. The molecular formula is C18H21N3. The Morgan fingerprint density at radius 2 is 1.76 bits per heavy atom. The number of aromatic amines is 1. The van der Waals surface area contributed by atoms with Gasteiger partial charge in [-0.1, -0.05) is 24.3 Å². The zero-order chi connectivity index (χ0) is 14.7. The van der Waals surface area contributed by atoms with Crippen LogP contribution in [-0.2, 0) is 13.1 Å². The molecule has 2 aromatic carbocycles. The molecule has 1 aromatic heterocycles. The van der Waals surface area contributed by atoms with Gasteiger partial charge in [0.2, 0.25) is 0 Å². The van der Waals surface area contributed by atoms with Gasteiger partial charge in [-0.25, -0.2) is 0 Å². The van der Waals surface area contributed by atoms with Crippen molar-refractivity contribution in [3.63, 3.8) is 0 Å². The molecule has 3 rings (SSSR count). The summed E-state index contributed by atoms with van der Waals surface area (Å²) < 4.78 is 0. The fourth-order valence-corrected chi connectivity index (χ4v) is 2.56. The minimum atomic E-state index is 0.880. The summed E-state index contributed by atoms with van der Waals surface area (Å²) in [5, 5.41) is 4.82. The van der Waals surface area contributed by atoms with Crippen molar-refractivity contribution >= 4 is 16.6 Å². The van der Waals surface area contributed by atoms with Crippen LogP contribution in [0, 0.1) is 0 Å². The van der Waals surface area contributed by atoms with Crippen molar-refractivity contribution in [2.75, 3.05) is 19.0 Å². The standard InChI is InChI=1S/C18H21N3/c1-21(2)16-8-6-14(7-9-16)12-19-13-15-4-3-5-18-17(15)10-11-20-18/h3-11,19-20H,12-13H2,1-2H3. The third kappa shape index (κ3) is 3.09. The Balaban J connectivity index is 1.62. The molecule has 3 nitrogen and oxygen atoms in total. The summed E-state index contributed by atoms with van der Waals surface area (Å²) in [6, 6.07) is 17.2. The van der Waals surface area contributed by atoms with E-state index in [1.165, 1.54) is 27.7 Å². The Labute approximate surface area is 125 Å². The first kappa shape index (κ1) is 13.7. The lowest BCUT2D eigenvalue weighted by Gasteiger charge is -2.13. The van der Waals surface area contributed by atoms with Crippen LogP contribution in [0.3, 0.4) is 0 Å². The Hall–Kier alpha value is -2.26. The zero-order valence-corrected chi connectivity index (χ0v) is 12.6. The van der Waals surface area contributed by atoms with E-state index >= 15 is 0 Å². The molecule has 0 amide bonds. The van der Waals surface area contributed by atoms with E-state index in [9.17, 15) is 0 Å². The molecule has 0 aliphatic carbocycles. The normalized spacial score (nSPS) is 11.0. The zero-order valence-electron chi connectivity index (χ0n) is 12.6. The van der Waals surface area contributed by atoms with Crippen LogP contribution < -0.4 is 10.2 Å². The van der Waals surface area contributed by atoms with Gasteiger partial charge < -0.3 is 15.2 Å². The molecule has 1 heterocycles. The summed E-state index contributed by atoms with van der Waals surface area (Å²) in [6.07, 6.45) is 1.99. The summed E-state index contributed by atoms with van der Waals surface area (Å²) in [5.41, 5.74) is 5.07. The quantitative estimate of drug-likeness (QED) is 0.748. The second-order valence-electron chi connectivity index (χ2n) is 5.52. The van der Waals surface area contributed by atoms with Gasteiger partial charge in [0.1, 0.15) is 0 Å². The molecule has 2 N–H and O–H groups in total. The average Bonchev–Trinajstić information content (AvgIpc) is 2.97. The first-order chi connectivity index (χ1) is 10.2. The Morgan fingerprint density at radius 3 is 2.52 bits per heavy atom. The molecule has 108 valence electrons. The average molecular weight is 279 g/mol. The predicted molar refractivity (Wildman–Crippen MR) is 89.6 cm³/mol. The van der Waals surface area contributed by atoms with Crippen molar-refractivity contribution in [3.8, 4) is 0 Å². The monoisotopic (exact) mass is 279 g/mol. The fraction of sp³-hybridized carbons (Fsp3) is 0.222. The van der Waals surface area contributed by atoms with Crippen LogP contribution in [0.2, 0.25) is 0 Å². The maximum absolute atomic E-state index is 3.52. The molecule has 21 heavy (non-hydrogen) atoms. The second-order valence-corrected chi connectivity index (χ2v) is 5.52.